The summed E-state index contributed by atoms with van der Waals surface area (Å²) in [5, 5.41) is 5.87. The van der Waals surface area contributed by atoms with Crippen molar-refractivity contribution in [1.29, 1.82) is 0 Å². The van der Waals surface area contributed by atoms with Crippen molar-refractivity contribution in [1.82, 2.24) is 5.32 Å². The van der Waals surface area contributed by atoms with Crippen LogP contribution < -0.4 is 21.3 Å². The van der Waals surface area contributed by atoms with E-state index in [-0.39, 0.29) is 18.2 Å². The molecule has 0 bridgehead atoms. The van der Waals surface area contributed by atoms with Gasteiger partial charge in [-0.15, -0.1) is 0 Å². The Bertz CT molecular complexity index is 1180. The molecule has 34 heavy (non-hydrogen) atoms. The number of rotatable bonds is 8. The average Bonchev–Trinajstić information content (AvgIpc) is 3.08. The summed E-state index contributed by atoms with van der Waals surface area (Å²) in [5.74, 6) is -0.624. The van der Waals surface area contributed by atoms with Crippen molar-refractivity contribution in [3.63, 3.8) is 0 Å². The van der Waals surface area contributed by atoms with Crippen LogP contribution >= 0.6 is 0 Å². The number of aldehydes is 1. The van der Waals surface area contributed by atoms with E-state index < -0.39 is 11.6 Å². The van der Waals surface area contributed by atoms with Gasteiger partial charge in [-0.25, -0.2) is 0 Å². The highest BCUT2D eigenvalue weighted by Gasteiger charge is 2.52. The van der Waals surface area contributed by atoms with Crippen molar-refractivity contribution in [3.05, 3.63) is 95.6 Å². The normalized spacial score (nSPS) is 18.8. The molecule has 0 aliphatic carbocycles. The van der Waals surface area contributed by atoms with Gasteiger partial charge in [-0.2, -0.15) is 0 Å². The fraction of sp³-hybridized carbons (Fsp3) is 0.222. The molecule has 7 nitrogen and oxygen atoms in total. The van der Waals surface area contributed by atoms with Crippen molar-refractivity contribution in [3.8, 4) is 0 Å². The number of para-hydroxylation sites is 1. The molecular weight excluding hydrogens is 428 g/mol. The van der Waals surface area contributed by atoms with E-state index in [0.29, 0.717) is 18.8 Å². The van der Waals surface area contributed by atoms with E-state index in [4.69, 9.17) is 5.73 Å². The highest BCUT2D eigenvalue weighted by atomic mass is 16.2. The maximum atomic E-state index is 13.2. The van der Waals surface area contributed by atoms with E-state index in [9.17, 15) is 14.4 Å². The van der Waals surface area contributed by atoms with Crippen LogP contribution in [0.3, 0.4) is 0 Å². The van der Waals surface area contributed by atoms with E-state index in [1.165, 1.54) is 6.92 Å². The van der Waals surface area contributed by atoms with Crippen LogP contribution in [0.4, 0.5) is 11.4 Å². The Hall–Kier alpha value is -3.97. The van der Waals surface area contributed by atoms with Gasteiger partial charge in [-0.3, -0.25) is 9.59 Å². The van der Waals surface area contributed by atoms with Crippen LogP contribution in [0.1, 0.15) is 30.0 Å². The zero-order valence-electron chi connectivity index (χ0n) is 19.0. The molecule has 0 radical (unpaired) electrons. The fourth-order valence-electron chi connectivity index (χ4n) is 4.71. The molecule has 7 heteroatoms. The van der Waals surface area contributed by atoms with Gasteiger partial charge in [0.15, 0.2) is 0 Å². The van der Waals surface area contributed by atoms with Crippen molar-refractivity contribution in [2.24, 2.45) is 5.73 Å². The Morgan fingerprint density at radius 2 is 1.65 bits per heavy atom. The molecular formula is C27H28N4O3. The second-order valence-electron chi connectivity index (χ2n) is 8.49. The molecule has 0 saturated carbocycles. The number of hydrogen-bond donors (Lipinski definition) is 3. The van der Waals surface area contributed by atoms with Crippen molar-refractivity contribution >= 4 is 29.5 Å². The van der Waals surface area contributed by atoms with Gasteiger partial charge in [0.05, 0.1) is 6.42 Å². The Labute approximate surface area is 199 Å². The van der Waals surface area contributed by atoms with Crippen LogP contribution in [0, 0.1) is 0 Å². The summed E-state index contributed by atoms with van der Waals surface area (Å²) in [6.07, 6.45) is 0.721. The summed E-state index contributed by atoms with van der Waals surface area (Å²) in [7, 11) is 0. The summed E-state index contributed by atoms with van der Waals surface area (Å²) < 4.78 is 0. The number of hydrogen-bond acceptors (Lipinski definition) is 5. The Morgan fingerprint density at radius 3 is 2.29 bits per heavy atom. The van der Waals surface area contributed by atoms with Crippen LogP contribution in [0.25, 0.3) is 0 Å². The van der Waals surface area contributed by atoms with Crippen molar-refractivity contribution < 1.29 is 14.4 Å². The number of carbonyl (C=O) groups excluding carboxylic acids is 3. The van der Waals surface area contributed by atoms with Crippen LogP contribution in [-0.2, 0) is 33.0 Å². The number of nitrogens with zero attached hydrogens (tertiary/aromatic N) is 1. The lowest BCUT2D eigenvalue weighted by Gasteiger charge is -2.36. The Kier molecular flexibility index (Phi) is 6.75. The second kappa shape index (κ2) is 9.89. The largest absolute Gasteiger partial charge is 0.354 e. The summed E-state index contributed by atoms with van der Waals surface area (Å²) in [5.41, 5.74) is 8.60. The van der Waals surface area contributed by atoms with Gasteiger partial charge in [0.1, 0.15) is 17.9 Å². The number of anilines is 2. The SMILES string of the molecule is CC(=O)NC1(CC(=O)Nc2ccc(CN)cc2)c2ccccc2N(Cc2ccccc2)C1C=O. The number of fused-ring (bicyclic) bond motifs is 1. The fourth-order valence-corrected chi connectivity index (χ4v) is 4.71. The third-order valence-electron chi connectivity index (χ3n) is 6.17. The summed E-state index contributed by atoms with van der Waals surface area (Å²) in [4.78, 5) is 40.1. The number of carbonyl (C=O) groups is 3. The van der Waals surface area contributed by atoms with Crippen molar-refractivity contribution in [2.75, 3.05) is 10.2 Å². The lowest BCUT2D eigenvalue weighted by Crippen LogP contribution is -2.57. The molecule has 174 valence electrons. The Balaban J connectivity index is 1.70. The zero-order valence-corrected chi connectivity index (χ0v) is 19.0. The smallest absolute Gasteiger partial charge is 0.227 e. The van der Waals surface area contributed by atoms with Gasteiger partial charge >= 0.3 is 0 Å². The second-order valence-corrected chi connectivity index (χ2v) is 8.49. The van der Waals surface area contributed by atoms with Gasteiger partial charge in [-0.05, 0) is 29.3 Å². The summed E-state index contributed by atoms with van der Waals surface area (Å²) in [6.45, 7) is 2.27. The number of nitrogens with two attached hydrogens (primary N) is 1. The van der Waals surface area contributed by atoms with E-state index >= 15 is 0 Å². The van der Waals surface area contributed by atoms with Gasteiger partial charge in [0, 0.05) is 37.0 Å². The van der Waals surface area contributed by atoms with Gasteiger partial charge in [0.2, 0.25) is 11.8 Å². The molecule has 0 fully saturated rings. The molecule has 2 unspecified atom stereocenters. The van der Waals surface area contributed by atoms with Crippen LogP contribution in [0.5, 0.6) is 0 Å². The first-order chi connectivity index (χ1) is 16.5. The first kappa shape index (κ1) is 23.2. The lowest BCUT2D eigenvalue weighted by molar-refractivity contribution is -0.123. The van der Waals surface area contributed by atoms with Crippen LogP contribution in [0.15, 0.2) is 78.9 Å². The predicted molar refractivity (Wildman–Crippen MR) is 132 cm³/mol. The summed E-state index contributed by atoms with van der Waals surface area (Å²) in [6, 6.07) is 23.8. The average molecular weight is 457 g/mol. The first-order valence-electron chi connectivity index (χ1n) is 11.2. The molecule has 3 aromatic carbocycles. The van der Waals surface area contributed by atoms with E-state index in [2.05, 4.69) is 10.6 Å². The molecule has 1 aliphatic rings. The molecule has 3 aromatic rings. The summed E-state index contributed by atoms with van der Waals surface area (Å²) >= 11 is 0. The standard InChI is InChI=1S/C27H28N4O3/c1-19(33)30-27(15-26(34)29-22-13-11-20(16-28)12-14-22)23-9-5-6-10-24(23)31(25(27)18-32)17-21-7-3-2-4-8-21/h2-14,18,25H,15-17,28H2,1H3,(H,29,34)(H,30,33). The first-order valence-corrected chi connectivity index (χ1v) is 11.2. The molecule has 4 N–H and O–H groups in total. The molecule has 0 saturated heterocycles. The zero-order chi connectivity index (χ0) is 24.1. The number of amides is 2. The minimum atomic E-state index is -1.21. The molecule has 0 aromatic heterocycles. The predicted octanol–water partition coefficient (Wildman–Crippen LogP) is 3.09. The minimum Gasteiger partial charge on any atom is -0.354 e. The van der Waals surface area contributed by atoms with E-state index in [0.717, 1.165) is 28.7 Å². The Morgan fingerprint density at radius 1 is 0.971 bits per heavy atom. The van der Waals surface area contributed by atoms with Gasteiger partial charge in [-0.1, -0.05) is 60.7 Å². The maximum absolute atomic E-state index is 13.2. The van der Waals surface area contributed by atoms with Gasteiger partial charge in [0.25, 0.3) is 0 Å². The molecule has 2 atom stereocenters. The molecule has 1 aliphatic heterocycles. The van der Waals surface area contributed by atoms with Gasteiger partial charge < -0.3 is 26.1 Å². The van der Waals surface area contributed by atoms with E-state index in [1.54, 1.807) is 12.1 Å². The molecule has 2 amide bonds. The lowest BCUT2D eigenvalue weighted by atomic mass is 9.82. The molecule has 4 rings (SSSR count). The van der Waals surface area contributed by atoms with Crippen LogP contribution in [-0.4, -0.2) is 24.1 Å². The minimum absolute atomic E-state index is 0.100. The highest BCUT2D eigenvalue weighted by Crippen LogP contribution is 2.46. The monoisotopic (exact) mass is 456 g/mol. The number of nitrogens with one attached hydrogen (secondary N) is 2. The van der Waals surface area contributed by atoms with Crippen LogP contribution in [0.2, 0.25) is 0 Å². The highest BCUT2D eigenvalue weighted by molar-refractivity contribution is 5.94. The van der Waals surface area contributed by atoms with E-state index in [1.807, 2.05) is 71.6 Å². The number of benzene rings is 3. The molecule has 1 heterocycles. The van der Waals surface area contributed by atoms with Crippen molar-refractivity contribution in [2.45, 2.75) is 38.0 Å². The topological polar surface area (TPSA) is 105 Å². The maximum Gasteiger partial charge on any atom is 0.227 e. The third kappa shape index (κ3) is 4.56. The quantitative estimate of drug-likeness (QED) is 0.452. The third-order valence-corrected chi connectivity index (χ3v) is 6.17. The molecule has 0 spiro atoms.